The first-order valence-electron chi connectivity index (χ1n) is 9.04. The molecule has 0 spiro atoms. The number of aromatic nitrogens is 2. The van der Waals surface area contributed by atoms with Crippen molar-refractivity contribution in [3.05, 3.63) is 82.7 Å². The molecule has 0 radical (unpaired) electrons. The van der Waals surface area contributed by atoms with E-state index in [2.05, 4.69) is 10.4 Å². The number of amides is 1. The number of ketones is 1. The number of esters is 1. The number of nitrogens with zero attached hydrogens (tertiary/aromatic N) is 2. The van der Waals surface area contributed by atoms with Crippen LogP contribution >= 0.6 is 0 Å². The number of carbonyl (C=O) groups excluding carboxylic acids is 3. The van der Waals surface area contributed by atoms with E-state index >= 15 is 0 Å². The summed E-state index contributed by atoms with van der Waals surface area (Å²) in [5, 5.41) is 6.93. The molecular weight excluding hydrogens is 370 g/mol. The van der Waals surface area contributed by atoms with E-state index in [4.69, 9.17) is 4.74 Å². The van der Waals surface area contributed by atoms with Gasteiger partial charge in [0.1, 0.15) is 0 Å². The van der Waals surface area contributed by atoms with Crippen LogP contribution in [-0.4, -0.2) is 34.0 Å². The fourth-order valence-electron chi connectivity index (χ4n) is 2.94. The molecule has 0 aliphatic rings. The van der Waals surface area contributed by atoms with Crippen molar-refractivity contribution in [2.45, 2.75) is 13.8 Å². The number of rotatable bonds is 6. The summed E-state index contributed by atoms with van der Waals surface area (Å²) in [4.78, 5) is 37.5. The van der Waals surface area contributed by atoms with Crippen LogP contribution in [0, 0.1) is 13.8 Å². The zero-order valence-electron chi connectivity index (χ0n) is 16.4. The van der Waals surface area contributed by atoms with Gasteiger partial charge in [0.05, 0.1) is 22.6 Å². The van der Waals surface area contributed by atoms with Crippen LogP contribution in [-0.2, 0) is 16.6 Å². The van der Waals surface area contributed by atoms with Gasteiger partial charge >= 0.3 is 5.97 Å². The highest BCUT2D eigenvalue weighted by molar-refractivity contribution is 6.14. The number of aryl methyl sites for hydroxylation is 2. The molecule has 0 fully saturated rings. The van der Waals surface area contributed by atoms with Crippen molar-refractivity contribution < 1.29 is 19.1 Å². The molecule has 29 heavy (non-hydrogen) atoms. The Bertz CT molecular complexity index is 1070. The Morgan fingerprint density at radius 3 is 2.21 bits per heavy atom. The second-order valence-corrected chi connectivity index (χ2v) is 6.53. The number of hydrogen-bond donors (Lipinski definition) is 1. The molecule has 1 heterocycles. The number of anilines is 1. The molecule has 2 aromatic carbocycles. The fraction of sp³-hybridized carbons (Fsp3) is 0.182. The van der Waals surface area contributed by atoms with Crippen molar-refractivity contribution in [3.63, 3.8) is 0 Å². The standard InChI is InChI=1S/C22H21N3O4/c1-14-20(15(2)25(3)24-14)23-19(26)13-29-22(28)18-12-8-7-11-17(18)21(27)16-9-5-4-6-10-16/h4-12H,13H2,1-3H3,(H,23,26). The molecule has 0 saturated carbocycles. The van der Waals surface area contributed by atoms with Crippen LogP contribution in [0.5, 0.6) is 0 Å². The number of carbonyl (C=O) groups is 3. The lowest BCUT2D eigenvalue weighted by molar-refractivity contribution is -0.119. The van der Waals surface area contributed by atoms with E-state index in [0.29, 0.717) is 16.9 Å². The number of benzene rings is 2. The quantitative estimate of drug-likeness (QED) is 0.515. The van der Waals surface area contributed by atoms with Crippen molar-refractivity contribution >= 4 is 23.3 Å². The van der Waals surface area contributed by atoms with E-state index in [0.717, 1.165) is 5.69 Å². The third kappa shape index (κ3) is 4.40. The van der Waals surface area contributed by atoms with Gasteiger partial charge in [-0.1, -0.05) is 48.5 Å². The van der Waals surface area contributed by atoms with Crippen LogP contribution in [0.15, 0.2) is 54.6 Å². The average molecular weight is 391 g/mol. The predicted molar refractivity (Wildman–Crippen MR) is 108 cm³/mol. The van der Waals surface area contributed by atoms with Gasteiger partial charge in [0.15, 0.2) is 12.4 Å². The molecule has 0 atom stereocenters. The maximum atomic E-state index is 12.7. The zero-order valence-corrected chi connectivity index (χ0v) is 16.4. The van der Waals surface area contributed by atoms with Crippen LogP contribution in [0.25, 0.3) is 0 Å². The maximum absolute atomic E-state index is 12.7. The smallest absolute Gasteiger partial charge is 0.339 e. The minimum atomic E-state index is -0.736. The first-order chi connectivity index (χ1) is 13.9. The number of hydrogen-bond acceptors (Lipinski definition) is 5. The van der Waals surface area contributed by atoms with Gasteiger partial charge in [-0.15, -0.1) is 0 Å². The van der Waals surface area contributed by atoms with Gasteiger partial charge in [-0.2, -0.15) is 5.10 Å². The van der Waals surface area contributed by atoms with Crippen molar-refractivity contribution in [1.82, 2.24) is 9.78 Å². The van der Waals surface area contributed by atoms with Gasteiger partial charge in [-0.3, -0.25) is 14.3 Å². The summed E-state index contributed by atoms with van der Waals surface area (Å²) in [6.45, 7) is 3.13. The third-order valence-electron chi connectivity index (χ3n) is 4.54. The van der Waals surface area contributed by atoms with Crippen molar-refractivity contribution in [2.75, 3.05) is 11.9 Å². The number of nitrogens with one attached hydrogen (secondary N) is 1. The molecule has 148 valence electrons. The van der Waals surface area contributed by atoms with Gasteiger partial charge in [0.25, 0.3) is 5.91 Å². The van der Waals surface area contributed by atoms with E-state index in [-0.39, 0.29) is 16.9 Å². The number of ether oxygens (including phenoxy) is 1. The molecule has 0 saturated heterocycles. The highest BCUT2D eigenvalue weighted by atomic mass is 16.5. The summed E-state index contributed by atoms with van der Waals surface area (Å²) in [5.74, 6) is -1.51. The molecule has 1 N–H and O–H groups in total. The summed E-state index contributed by atoms with van der Waals surface area (Å²) < 4.78 is 6.80. The van der Waals surface area contributed by atoms with E-state index in [1.54, 1.807) is 67.2 Å². The lowest BCUT2D eigenvalue weighted by Crippen LogP contribution is -2.22. The van der Waals surface area contributed by atoms with Gasteiger partial charge in [-0.25, -0.2) is 4.79 Å². The van der Waals surface area contributed by atoms with Crippen molar-refractivity contribution in [2.24, 2.45) is 7.05 Å². The summed E-state index contributed by atoms with van der Waals surface area (Å²) in [6, 6.07) is 15.0. The second kappa shape index (κ2) is 8.52. The van der Waals surface area contributed by atoms with Crippen LogP contribution < -0.4 is 5.32 Å². The average Bonchev–Trinajstić information content (AvgIpc) is 2.98. The Balaban J connectivity index is 1.70. The first-order valence-corrected chi connectivity index (χ1v) is 9.04. The molecule has 7 nitrogen and oxygen atoms in total. The summed E-state index contributed by atoms with van der Waals surface area (Å²) in [7, 11) is 1.78. The summed E-state index contributed by atoms with van der Waals surface area (Å²) in [6.07, 6.45) is 0. The molecule has 3 aromatic rings. The zero-order chi connectivity index (χ0) is 21.0. The lowest BCUT2D eigenvalue weighted by Gasteiger charge is -2.10. The second-order valence-electron chi connectivity index (χ2n) is 6.53. The first kappa shape index (κ1) is 20.0. The topological polar surface area (TPSA) is 90.3 Å². The van der Waals surface area contributed by atoms with E-state index in [1.165, 1.54) is 6.07 Å². The molecule has 0 bridgehead atoms. The largest absolute Gasteiger partial charge is 0.452 e. The Labute approximate surface area is 168 Å². The molecule has 7 heteroatoms. The maximum Gasteiger partial charge on any atom is 0.339 e. The van der Waals surface area contributed by atoms with E-state index < -0.39 is 18.5 Å². The van der Waals surface area contributed by atoms with Gasteiger partial charge < -0.3 is 10.1 Å². The van der Waals surface area contributed by atoms with E-state index in [1.807, 2.05) is 6.92 Å². The van der Waals surface area contributed by atoms with Crippen molar-refractivity contribution in [3.8, 4) is 0 Å². The Morgan fingerprint density at radius 2 is 1.59 bits per heavy atom. The Kier molecular flexibility index (Phi) is 5.87. The lowest BCUT2D eigenvalue weighted by atomic mass is 9.98. The fourth-order valence-corrected chi connectivity index (χ4v) is 2.94. The monoisotopic (exact) mass is 391 g/mol. The molecule has 3 rings (SSSR count). The van der Waals surface area contributed by atoms with Crippen LogP contribution in [0.2, 0.25) is 0 Å². The van der Waals surface area contributed by atoms with Crippen LogP contribution in [0.4, 0.5) is 5.69 Å². The van der Waals surface area contributed by atoms with Gasteiger partial charge in [-0.05, 0) is 19.9 Å². The minimum Gasteiger partial charge on any atom is -0.452 e. The van der Waals surface area contributed by atoms with Crippen LogP contribution in [0.1, 0.15) is 37.7 Å². The predicted octanol–water partition coefficient (Wildman–Crippen LogP) is 3.06. The van der Waals surface area contributed by atoms with Crippen molar-refractivity contribution in [1.29, 1.82) is 0 Å². The van der Waals surface area contributed by atoms with Crippen LogP contribution in [0.3, 0.4) is 0 Å². The highest BCUT2D eigenvalue weighted by Gasteiger charge is 2.20. The molecule has 1 aromatic heterocycles. The molecular formula is C22H21N3O4. The highest BCUT2D eigenvalue weighted by Crippen LogP contribution is 2.19. The van der Waals surface area contributed by atoms with E-state index in [9.17, 15) is 14.4 Å². The van der Waals surface area contributed by atoms with Gasteiger partial charge in [0.2, 0.25) is 0 Å². The third-order valence-corrected chi connectivity index (χ3v) is 4.54. The summed E-state index contributed by atoms with van der Waals surface area (Å²) in [5.41, 5.74) is 2.86. The molecule has 1 amide bonds. The normalized spacial score (nSPS) is 10.4. The molecule has 0 unspecified atom stereocenters. The molecule has 0 aliphatic carbocycles. The SMILES string of the molecule is Cc1nn(C)c(C)c1NC(=O)COC(=O)c1ccccc1C(=O)c1ccccc1. The minimum absolute atomic E-state index is 0.114. The van der Waals surface area contributed by atoms with Gasteiger partial charge in [0, 0.05) is 18.2 Å². The summed E-state index contributed by atoms with van der Waals surface area (Å²) >= 11 is 0. The molecule has 0 aliphatic heterocycles. The Morgan fingerprint density at radius 1 is 0.966 bits per heavy atom. The Hall–Kier alpha value is -3.74.